The highest BCUT2D eigenvalue weighted by atomic mass is 16.6. The molecule has 0 saturated heterocycles. The molecule has 0 aromatic carbocycles. The third-order valence-electron chi connectivity index (χ3n) is 3.36. The van der Waals surface area contributed by atoms with Crippen LogP contribution in [0.15, 0.2) is 0 Å². The Kier molecular flexibility index (Phi) is 24.7. The van der Waals surface area contributed by atoms with E-state index in [1.54, 1.807) is 0 Å². The predicted octanol–water partition coefficient (Wildman–Crippen LogP) is 1.08. The minimum Gasteiger partial charge on any atom is -0.463 e. The number of esters is 1. The lowest BCUT2D eigenvalue weighted by molar-refractivity contribution is -0.145. The van der Waals surface area contributed by atoms with Gasteiger partial charge < -0.3 is 37.9 Å². The Morgan fingerprint density at radius 2 is 0.933 bits per heavy atom. The Balaban J connectivity index is 3.03. The second-order valence-electron chi connectivity index (χ2n) is 5.90. The SMILES string of the molecule is C#CCOCCOCCOCCOCCOCCOCCOCCOC(=O)CCC. The van der Waals surface area contributed by atoms with E-state index in [1.807, 2.05) is 6.92 Å². The average molecular weight is 435 g/mol. The van der Waals surface area contributed by atoms with E-state index in [9.17, 15) is 4.79 Å². The Bertz CT molecular complexity index is 398. The first-order valence-electron chi connectivity index (χ1n) is 10.4. The highest BCUT2D eigenvalue weighted by molar-refractivity contribution is 5.69. The second kappa shape index (κ2) is 25.8. The van der Waals surface area contributed by atoms with Gasteiger partial charge in [0.25, 0.3) is 0 Å². The van der Waals surface area contributed by atoms with Crippen LogP contribution in [0.4, 0.5) is 0 Å². The Morgan fingerprint density at radius 3 is 1.27 bits per heavy atom. The summed E-state index contributed by atoms with van der Waals surface area (Å²) < 4.78 is 42.2. The summed E-state index contributed by atoms with van der Waals surface area (Å²) in [6.07, 6.45) is 6.29. The number of carbonyl (C=O) groups excluding carboxylic acids is 1. The lowest BCUT2D eigenvalue weighted by atomic mass is 10.3. The van der Waals surface area contributed by atoms with Gasteiger partial charge in [0, 0.05) is 6.42 Å². The molecular weight excluding hydrogens is 396 g/mol. The van der Waals surface area contributed by atoms with E-state index in [2.05, 4.69) is 5.92 Å². The van der Waals surface area contributed by atoms with E-state index in [0.29, 0.717) is 98.9 Å². The quantitative estimate of drug-likeness (QED) is 0.126. The molecule has 0 aliphatic rings. The van der Waals surface area contributed by atoms with Crippen LogP contribution in [0, 0.1) is 12.3 Å². The molecule has 176 valence electrons. The summed E-state index contributed by atoms with van der Waals surface area (Å²) in [5.74, 6) is 2.20. The number of terminal acetylenes is 1. The van der Waals surface area contributed by atoms with E-state index < -0.39 is 0 Å². The smallest absolute Gasteiger partial charge is 0.305 e. The summed E-state index contributed by atoms with van der Waals surface area (Å²) in [6, 6.07) is 0. The van der Waals surface area contributed by atoms with Gasteiger partial charge in [0.15, 0.2) is 0 Å². The Morgan fingerprint density at radius 1 is 0.600 bits per heavy atom. The van der Waals surface area contributed by atoms with E-state index in [0.717, 1.165) is 6.42 Å². The second-order valence-corrected chi connectivity index (χ2v) is 5.90. The number of ether oxygens (including phenoxy) is 8. The van der Waals surface area contributed by atoms with Gasteiger partial charge in [0.05, 0.1) is 85.9 Å². The summed E-state index contributed by atoms with van der Waals surface area (Å²) in [5, 5.41) is 0. The van der Waals surface area contributed by atoms with Gasteiger partial charge in [-0.25, -0.2) is 0 Å². The molecule has 0 rings (SSSR count). The highest BCUT2D eigenvalue weighted by Crippen LogP contribution is 1.91. The average Bonchev–Trinajstić information content (AvgIpc) is 2.74. The zero-order valence-corrected chi connectivity index (χ0v) is 18.3. The number of hydrogen-bond acceptors (Lipinski definition) is 9. The van der Waals surface area contributed by atoms with Crippen molar-refractivity contribution < 1.29 is 42.7 Å². The molecule has 0 aliphatic heterocycles. The van der Waals surface area contributed by atoms with E-state index in [4.69, 9.17) is 44.3 Å². The van der Waals surface area contributed by atoms with Crippen LogP contribution in [-0.4, -0.2) is 105 Å². The van der Waals surface area contributed by atoms with Gasteiger partial charge in [-0.1, -0.05) is 12.8 Å². The molecule has 0 unspecified atom stereocenters. The van der Waals surface area contributed by atoms with Crippen molar-refractivity contribution >= 4 is 5.97 Å². The third kappa shape index (κ3) is 24.8. The van der Waals surface area contributed by atoms with E-state index in [1.165, 1.54) is 0 Å². The normalized spacial score (nSPS) is 10.8. The fourth-order valence-electron chi connectivity index (χ4n) is 1.94. The maximum atomic E-state index is 11.1. The first-order chi connectivity index (χ1) is 14.8. The van der Waals surface area contributed by atoms with Gasteiger partial charge in [0.2, 0.25) is 0 Å². The van der Waals surface area contributed by atoms with Gasteiger partial charge in [-0.05, 0) is 6.42 Å². The van der Waals surface area contributed by atoms with E-state index >= 15 is 0 Å². The van der Waals surface area contributed by atoms with Crippen molar-refractivity contribution in [2.75, 3.05) is 99.1 Å². The topological polar surface area (TPSA) is 90.9 Å². The molecule has 30 heavy (non-hydrogen) atoms. The van der Waals surface area contributed by atoms with Crippen LogP contribution < -0.4 is 0 Å². The van der Waals surface area contributed by atoms with Crippen molar-refractivity contribution in [3.63, 3.8) is 0 Å². The van der Waals surface area contributed by atoms with Crippen molar-refractivity contribution in [1.29, 1.82) is 0 Å². The summed E-state index contributed by atoms with van der Waals surface area (Å²) in [4.78, 5) is 11.1. The molecule has 0 heterocycles. The van der Waals surface area contributed by atoms with Crippen LogP contribution in [0.5, 0.6) is 0 Å². The highest BCUT2D eigenvalue weighted by Gasteiger charge is 1.99. The molecular formula is C21H38O9. The van der Waals surface area contributed by atoms with Crippen molar-refractivity contribution in [2.45, 2.75) is 19.8 Å². The molecule has 0 aromatic rings. The first kappa shape index (κ1) is 28.8. The summed E-state index contributed by atoms with van der Waals surface area (Å²) >= 11 is 0. The zero-order valence-electron chi connectivity index (χ0n) is 18.3. The van der Waals surface area contributed by atoms with Gasteiger partial charge >= 0.3 is 5.97 Å². The third-order valence-corrected chi connectivity index (χ3v) is 3.36. The van der Waals surface area contributed by atoms with Crippen LogP contribution in [0.2, 0.25) is 0 Å². The molecule has 9 heteroatoms. The van der Waals surface area contributed by atoms with Gasteiger partial charge in [-0.2, -0.15) is 0 Å². The van der Waals surface area contributed by atoms with Crippen molar-refractivity contribution in [2.24, 2.45) is 0 Å². The molecule has 0 atom stereocenters. The van der Waals surface area contributed by atoms with E-state index in [-0.39, 0.29) is 12.6 Å². The molecule has 0 aliphatic carbocycles. The van der Waals surface area contributed by atoms with Crippen LogP contribution in [0.3, 0.4) is 0 Å². The molecule has 0 aromatic heterocycles. The summed E-state index contributed by atoms with van der Waals surface area (Å²) in [6.45, 7) is 8.88. The first-order valence-corrected chi connectivity index (χ1v) is 10.4. The lowest BCUT2D eigenvalue weighted by Crippen LogP contribution is -2.15. The summed E-state index contributed by atoms with van der Waals surface area (Å²) in [7, 11) is 0. The molecule has 0 N–H and O–H groups in total. The largest absolute Gasteiger partial charge is 0.463 e. The molecule has 0 bridgehead atoms. The molecule has 0 amide bonds. The molecule has 0 radical (unpaired) electrons. The van der Waals surface area contributed by atoms with Gasteiger partial charge in [0.1, 0.15) is 13.2 Å². The number of hydrogen-bond donors (Lipinski definition) is 0. The molecule has 0 fully saturated rings. The van der Waals surface area contributed by atoms with Crippen LogP contribution in [0.1, 0.15) is 19.8 Å². The molecule has 0 spiro atoms. The zero-order chi connectivity index (χ0) is 22.0. The van der Waals surface area contributed by atoms with Crippen LogP contribution in [0.25, 0.3) is 0 Å². The standard InChI is InChI=1S/C21H38O9/c1-3-5-21(22)30-20-19-29-18-17-28-16-15-27-14-13-26-12-11-25-10-9-24-8-7-23-6-4-2/h2H,3,5-20H2,1H3. The fraction of sp³-hybridized carbons (Fsp3) is 0.857. The van der Waals surface area contributed by atoms with Gasteiger partial charge in [-0.15, -0.1) is 6.42 Å². The maximum Gasteiger partial charge on any atom is 0.305 e. The Labute approximate surface area is 180 Å². The predicted molar refractivity (Wildman–Crippen MR) is 110 cm³/mol. The van der Waals surface area contributed by atoms with Crippen LogP contribution in [-0.2, 0) is 42.7 Å². The summed E-state index contributed by atoms with van der Waals surface area (Å²) in [5.41, 5.74) is 0. The van der Waals surface area contributed by atoms with Crippen molar-refractivity contribution in [1.82, 2.24) is 0 Å². The Hall–Kier alpha value is -1.25. The fourth-order valence-corrected chi connectivity index (χ4v) is 1.94. The minimum absolute atomic E-state index is 0.185. The van der Waals surface area contributed by atoms with Crippen LogP contribution >= 0.6 is 0 Å². The van der Waals surface area contributed by atoms with Crippen molar-refractivity contribution in [3.8, 4) is 12.3 Å². The number of rotatable bonds is 24. The minimum atomic E-state index is -0.185. The molecule has 0 saturated carbocycles. The monoisotopic (exact) mass is 434 g/mol. The van der Waals surface area contributed by atoms with Gasteiger partial charge in [-0.3, -0.25) is 4.79 Å². The lowest BCUT2D eigenvalue weighted by Gasteiger charge is -2.08. The maximum absolute atomic E-state index is 11.1. The van der Waals surface area contributed by atoms with Crippen molar-refractivity contribution in [3.05, 3.63) is 0 Å². The molecule has 9 nitrogen and oxygen atoms in total. The number of carbonyl (C=O) groups is 1.